The molecule has 0 fully saturated rings. The van der Waals surface area contributed by atoms with Crippen LogP contribution >= 0.6 is 0 Å². The van der Waals surface area contributed by atoms with Crippen molar-refractivity contribution in [3.63, 3.8) is 0 Å². The molecule has 3 heteroatoms. The van der Waals surface area contributed by atoms with E-state index in [1.165, 1.54) is 32.9 Å². The van der Waals surface area contributed by atoms with Crippen molar-refractivity contribution in [2.24, 2.45) is 5.41 Å². The van der Waals surface area contributed by atoms with Gasteiger partial charge in [-0.25, -0.2) is 0 Å². The SMILES string of the molecule is CCC(=O)/C=C/C(C)(C(C)=O)C(C)=O. The summed E-state index contributed by atoms with van der Waals surface area (Å²) in [6, 6.07) is 0. The van der Waals surface area contributed by atoms with Gasteiger partial charge in [0, 0.05) is 6.42 Å². The molecule has 0 aromatic carbocycles. The number of hydrogen-bond acceptors (Lipinski definition) is 3. The van der Waals surface area contributed by atoms with Crippen molar-refractivity contribution in [1.29, 1.82) is 0 Å². The average molecular weight is 196 g/mol. The first-order chi connectivity index (χ1) is 6.34. The molecule has 0 heterocycles. The van der Waals surface area contributed by atoms with Crippen molar-refractivity contribution >= 4 is 17.3 Å². The van der Waals surface area contributed by atoms with E-state index in [9.17, 15) is 14.4 Å². The standard InChI is InChI=1S/C11H16O3/c1-5-10(14)6-7-11(4,8(2)12)9(3)13/h6-7H,5H2,1-4H3/b7-6+. The Morgan fingerprint density at radius 3 is 1.86 bits per heavy atom. The molecule has 0 spiro atoms. The van der Waals surface area contributed by atoms with Gasteiger partial charge in [0.15, 0.2) is 5.78 Å². The molecule has 0 aromatic heterocycles. The van der Waals surface area contributed by atoms with Crippen molar-refractivity contribution in [3.05, 3.63) is 12.2 Å². The highest BCUT2D eigenvalue weighted by Crippen LogP contribution is 2.21. The first-order valence-corrected chi connectivity index (χ1v) is 4.58. The lowest BCUT2D eigenvalue weighted by Crippen LogP contribution is -2.31. The third kappa shape index (κ3) is 2.91. The molecule has 0 atom stereocenters. The fraction of sp³-hybridized carbons (Fsp3) is 0.545. The number of ketones is 3. The maximum absolute atomic E-state index is 11.2. The molecule has 0 aromatic rings. The van der Waals surface area contributed by atoms with Crippen LogP contribution in [-0.4, -0.2) is 17.3 Å². The zero-order chi connectivity index (χ0) is 11.4. The maximum Gasteiger partial charge on any atom is 0.155 e. The van der Waals surface area contributed by atoms with Gasteiger partial charge in [0.1, 0.15) is 17.0 Å². The second-order valence-corrected chi connectivity index (χ2v) is 3.47. The van der Waals surface area contributed by atoms with Crippen molar-refractivity contribution in [3.8, 4) is 0 Å². The average Bonchev–Trinajstić information content (AvgIpc) is 2.12. The van der Waals surface area contributed by atoms with Crippen molar-refractivity contribution < 1.29 is 14.4 Å². The lowest BCUT2D eigenvalue weighted by Gasteiger charge is -2.18. The van der Waals surface area contributed by atoms with Gasteiger partial charge in [0.2, 0.25) is 0 Å². The second kappa shape index (κ2) is 4.84. The van der Waals surface area contributed by atoms with Crippen LogP contribution in [0.25, 0.3) is 0 Å². The van der Waals surface area contributed by atoms with Gasteiger partial charge in [-0.1, -0.05) is 13.0 Å². The smallest absolute Gasteiger partial charge is 0.155 e. The molecule has 0 unspecified atom stereocenters. The van der Waals surface area contributed by atoms with Gasteiger partial charge in [0.25, 0.3) is 0 Å². The monoisotopic (exact) mass is 196 g/mol. The summed E-state index contributed by atoms with van der Waals surface area (Å²) in [6.07, 6.45) is 3.08. The molecule has 0 rings (SSSR count). The van der Waals surface area contributed by atoms with E-state index in [4.69, 9.17) is 0 Å². The normalized spacial score (nSPS) is 11.7. The van der Waals surface area contributed by atoms with Crippen LogP contribution in [0.3, 0.4) is 0 Å². The summed E-state index contributed by atoms with van der Waals surface area (Å²) in [7, 11) is 0. The molecule has 0 radical (unpaired) electrons. The first kappa shape index (κ1) is 12.8. The fourth-order valence-corrected chi connectivity index (χ4v) is 0.860. The lowest BCUT2D eigenvalue weighted by atomic mass is 9.82. The molecule has 0 saturated carbocycles. The molecule has 0 amide bonds. The number of hydrogen-bond donors (Lipinski definition) is 0. The third-order valence-electron chi connectivity index (χ3n) is 2.41. The largest absolute Gasteiger partial charge is 0.299 e. The van der Waals surface area contributed by atoms with Crippen LogP contribution in [-0.2, 0) is 14.4 Å². The van der Waals surface area contributed by atoms with E-state index < -0.39 is 5.41 Å². The zero-order valence-electron chi connectivity index (χ0n) is 9.09. The Balaban J connectivity index is 4.88. The van der Waals surface area contributed by atoms with Gasteiger partial charge in [-0.2, -0.15) is 0 Å². The predicted octanol–water partition coefficient (Wildman–Crippen LogP) is 1.71. The Bertz CT molecular complexity index is 273. The van der Waals surface area contributed by atoms with Crippen LogP contribution in [0.2, 0.25) is 0 Å². The van der Waals surface area contributed by atoms with Gasteiger partial charge in [-0.05, 0) is 26.8 Å². The van der Waals surface area contributed by atoms with E-state index in [2.05, 4.69) is 0 Å². The quantitative estimate of drug-likeness (QED) is 0.496. The lowest BCUT2D eigenvalue weighted by molar-refractivity contribution is -0.134. The first-order valence-electron chi connectivity index (χ1n) is 4.58. The summed E-state index contributed by atoms with van der Waals surface area (Å²) in [5.74, 6) is -0.575. The van der Waals surface area contributed by atoms with Gasteiger partial charge in [0.05, 0.1) is 0 Å². The predicted molar refractivity (Wildman–Crippen MR) is 53.9 cm³/mol. The molecule has 0 aliphatic rings. The van der Waals surface area contributed by atoms with E-state index >= 15 is 0 Å². The number of carbonyl (C=O) groups excluding carboxylic acids is 3. The van der Waals surface area contributed by atoms with Gasteiger partial charge >= 0.3 is 0 Å². The number of Topliss-reactive ketones (excluding diaryl/α,β-unsaturated/α-hetero) is 2. The highest BCUT2D eigenvalue weighted by atomic mass is 16.2. The number of allylic oxidation sites excluding steroid dienone is 2. The summed E-state index contributed by atoms with van der Waals surface area (Å²) in [5, 5.41) is 0. The minimum atomic E-state index is -1.15. The van der Waals surface area contributed by atoms with Gasteiger partial charge in [-0.15, -0.1) is 0 Å². The topological polar surface area (TPSA) is 51.2 Å². The summed E-state index contributed by atoms with van der Waals surface area (Å²) in [4.78, 5) is 33.4. The molecule has 14 heavy (non-hydrogen) atoms. The van der Waals surface area contributed by atoms with Crippen molar-refractivity contribution in [2.45, 2.75) is 34.1 Å². The summed E-state index contributed by atoms with van der Waals surface area (Å²) < 4.78 is 0. The minimum absolute atomic E-state index is 0.0845. The van der Waals surface area contributed by atoms with Crippen LogP contribution in [0, 0.1) is 5.41 Å². The number of carbonyl (C=O) groups is 3. The van der Waals surface area contributed by atoms with Crippen LogP contribution in [0.1, 0.15) is 34.1 Å². The molecule has 0 aliphatic carbocycles. The second-order valence-electron chi connectivity index (χ2n) is 3.47. The van der Waals surface area contributed by atoms with Crippen LogP contribution in [0.15, 0.2) is 12.2 Å². The summed E-state index contributed by atoms with van der Waals surface area (Å²) in [5.41, 5.74) is -1.15. The summed E-state index contributed by atoms with van der Waals surface area (Å²) >= 11 is 0. The summed E-state index contributed by atoms with van der Waals surface area (Å²) in [6.45, 7) is 5.95. The maximum atomic E-state index is 11.2. The molecule has 0 aliphatic heterocycles. The van der Waals surface area contributed by atoms with E-state index in [0.717, 1.165) is 0 Å². The molecular weight excluding hydrogens is 180 g/mol. The minimum Gasteiger partial charge on any atom is -0.299 e. The Hall–Kier alpha value is -1.25. The molecule has 0 saturated heterocycles. The zero-order valence-corrected chi connectivity index (χ0v) is 9.09. The van der Waals surface area contributed by atoms with Gasteiger partial charge in [-0.3, -0.25) is 14.4 Å². The fourth-order valence-electron chi connectivity index (χ4n) is 0.860. The Kier molecular flexibility index (Phi) is 4.41. The van der Waals surface area contributed by atoms with Crippen molar-refractivity contribution in [1.82, 2.24) is 0 Å². The van der Waals surface area contributed by atoms with Crippen LogP contribution in [0.4, 0.5) is 0 Å². The van der Waals surface area contributed by atoms with Crippen LogP contribution < -0.4 is 0 Å². The van der Waals surface area contributed by atoms with E-state index in [1.807, 2.05) is 0 Å². The number of rotatable bonds is 5. The molecule has 0 N–H and O–H groups in total. The highest BCUT2D eigenvalue weighted by molar-refractivity contribution is 6.07. The molecule has 78 valence electrons. The molecule has 3 nitrogen and oxygen atoms in total. The molecule has 0 bridgehead atoms. The van der Waals surface area contributed by atoms with Crippen LogP contribution in [0.5, 0.6) is 0 Å². The highest BCUT2D eigenvalue weighted by Gasteiger charge is 2.32. The van der Waals surface area contributed by atoms with E-state index in [1.54, 1.807) is 6.92 Å². The van der Waals surface area contributed by atoms with E-state index in [-0.39, 0.29) is 17.3 Å². The van der Waals surface area contributed by atoms with Crippen molar-refractivity contribution in [2.75, 3.05) is 0 Å². The van der Waals surface area contributed by atoms with Gasteiger partial charge < -0.3 is 0 Å². The Morgan fingerprint density at radius 1 is 1.14 bits per heavy atom. The van der Waals surface area contributed by atoms with E-state index in [0.29, 0.717) is 6.42 Å². The Morgan fingerprint density at radius 2 is 1.57 bits per heavy atom. The third-order valence-corrected chi connectivity index (χ3v) is 2.41. The Labute approximate surface area is 84.2 Å². The molecular formula is C11H16O3.